The Labute approximate surface area is 165 Å². The van der Waals surface area contributed by atoms with Crippen LogP contribution < -0.4 is 20.3 Å². The Morgan fingerprint density at radius 1 is 1.25 bits per heavy atom. The van der Waals surface area contributed by atoms with Crippen LogP contribution in [0.25, 0.3) is 0 Å². The summed E-state index contributed by atoms with van der Waals surface area (Å²) in [5.41, 5.74) is 0.707. The number of carbonyl (C=O) groups excluding carboxylic acids is 2. The third kappa shape index (κ3) is 3.92. The van der Waals surface area contributed by atoms with E-state index in [1.807, 2.05) is 11.0 Å². The maximum atomic E-state index is 12.7. The summed E-state index contributed by atoms with van der Waals surface area (Å²) >= 11 is 0. The van der Waals surface area contributed by atoms with Gasteiger partial charge in [-0.1, -0.05) is 0 Å². The second-order valence-electron chi connectivity index (χ2n) is 8.08. The van der Waals surface area contributed by atoms with Crippen LogP contribution in [-0.2, 0) is 9.59 Å². The fourth-order valence-corrected chi connectivity index (χ4v) is 4.76. The number of nitrogens with zero attached hydrogens (tertiary/aromatic N) is 3. The van der Waals surface area contributed by atoms with Crippen molar-refractivity contribution in [3.05, 3.63) is 12.1 Å². The number of anilines is 2. The molecule has 1 aromatic rings. The number of rotatable bonds is 5. The highest BCUT2D eigenvalue weighted by Gasteiger charge is 2.40. The van der Waals surface area contributed by atoms with Gasteiger partial charge in [0.25, 0.3) is 0 Å². The minimum Gasteiger partial charge on any atom is -0.481 e. The van der Waals surface area contributed by atoms with Gasteiger partial charge in [-0.05, 0) is 37.3 Å². The van der Waals surface area contributed by atoms with E-state index in [0.717, 1.165) is 18.9 Å². The quantitative estimate of drug-likeness (QED) is 0.786. The number of piperazine rings is 1. The van der Waals surface area contributed by atoms with Gasteiger partial charge in [0, 0.05) is 51.6 Å². The Balaban J connectivity index is 1.44. The van der Waals surface area contributed by atoms with Crippen molar-refractivity contribution in [2.45, 2.75) is 32.2 Å². The molecule has 2 saturated heterocycles. The molecule has 3 atom stereocenters. The topological polar surface area (TPSA) is 86.8 Å². The molecule has 3 heterocycles. The molecule has 2 N–H and O–H groups in total. The molecule has 1 aromatic heterocycles. The highest BCUT2D eigenvalue weighted by atomic mass is 16.5. The molecule has 3 unspecified atom stereocenters. The smallest absolute Gasteiger partial charge is 0.224 e. The van der Waals surface area contributed by atoms with Gasteiger partial charge in [-0.3, -0.25) is 9.59 Å². The van der Waals surface area contributed by atoms with E-state index in [0.29, 0.717) is 61.9 Å². The maximum absolute atomic E-state index is 12.7. The van der Waals surface area contributed by atoms with Crippen LogP contribution in [0.1, 0.15) is 26.2 Å². The summed E-state index contributed by atoms with van der Waals surface area (Å²) in [6.45, 7) is 5.35. The van der Waals surface area contributed by atoms with E-state index in [-0.39, 0.29) is 11.8 Å². The van der Waals surface area contributed by atoms with E-state index in [9.17, 15) is 9.59 Å². The van der Waals surface area contributed by atoms with E-state index in [1.165, 1.54) is 6.42 Å². The van der Waals surface area contributed by atoms with Crippen LogP contribution in [0.5, 0.6) is 5.88 Å². The molecule has 8 heteroatoms. The summed E-state index contributed by atoms with van der Waals surface area (Å²) in [5.74, 6) is 2.51. The van der Waals surface area contributed by atoms with Gasteiger partial charge in [0.15, 0.2) is 5.82 Å². The van der Waals surface area contributed by atoms with Crippen molar-refractivity contribution in [1.29, 1.82) is 0 Å². The normalized spacial score (nSPS) is 26.4. The van der Waals surface area contributed by atoms with Crippen LogP contribution in [0, 0.1) is 11.8 Å². The number of nitrogens with one attached hydrogen (secondary N) is 2. The Morgan fingerprint density at radius 2 is 2.04 bits per heavy atom. The fraction of sp³-hybridized carbons (Fsp3) is 0.650. The Morgan fingerprint density at radius 3 is 2.64 bits per heavy atom. The molecule has 2 bridgehead atoms. The number of pyridine rings is 1. The predicted octanol–water partition coefficient (Wildman–Crippen LogP) is 1.09. The molecule has 152 valence electrons. The van der Waals surface area contributed by atoms with E-state index in [4.69, 9.17) is 4.74 Å². The zero-order valence-electron chi connectivity index (χ0n) is 16.6. The molecule has 1 aliphatic carbocycles. The lowest BCUT2D eigenvalue weighted by Gasteiger charge is -2.35. The lowest BCUT2D eigenvalue weighted by Crippen LogP contribution is -2.48. The number of ether oxygens (including phenoxy) is 1. The minimum atomic E-state index is 0.0370. The molecular weight excluding hydrogens is 358 g/mol. The fourth-order valence-electron chi connectivity index (χ4n) is 4.76. The zero-order chi connectivity index (χ0) is 19.7. The number of carbonyl (C=O) groups is 2. The van der Waals surface area contributed by atoms with Crippen LogP contribution in [0.2, 0.25) is 0 Å². The standard InChI is InChI=1S/C20H29N5O3/c1-13(26)24-5-7-25(8-6-24)20-16(3-4-19(23-20)28-2)22-18(27)11-15-9-14-10-17(15)21-12-14/h3-4,14-15,17,21H,5-12H2,1-2H3,(H,22,27). The maximum Gasteiger partial charge on any atom is 0.224 e. The molecule has 28 heavy (non-hydrogen) atoms. The number of amides is 2. The summed E-state index contributed by atoms with van der Waals surface area (Å²) in [4.78, 5) is 32.8. The zero-order valence-corrected chi connectivity index (χ0v) is 16.6. The molecule has 0 radical (unpaired) electrons. The number of aromatic nitrogens is 1. The number of hydrogen-bond donors (Lipinski definition) is 2. The lowest BCUT2D eigenvalue weighted by molar-refractivity contribution is -0.129. The third-order valence-electron chi connectivity index (χ3n) is 6.27. The van der Waals surface area contributed by atoms with E-state index < -0.39 is 0 Å². The van der Waals surface area contributed by atoms with Gasteiger partial charge < -0.3 is 25.2 Å². The minimum absolute atomic E-state index is 0.0370. The average molecular weight is 387 g/mol. The van der Waals surface area contributed by atoms with Gasteiger partial charge in [0.2, 0.25) is 17.7 Å². The molecule has 3 fully saturated rings. The number of piperidine rings is 1. The summed E-state index contributed by atoms with van der Waals surface area (Å²) in [5, 5.41) is 6.59. The van der Waals surface area contributed by atoms with Crippen molar-refractivity contribution in [3.8, 4) is 5.88 Å². The van der Waals surface area contributed by atoms with Gasteiger partial charge in [-0.15, -0.1) is 0 Å². The van der Waals surface area contributed by atoms with Crippen molar-refractivity contribution < 1.29 is 14.3 Å². The number of fused-ring (bicyclic) bond motifs is 2. The summed E-state index contributed by atoms with van der Waals surface area (Å²) in [6.07, 6.45) is 2.89. The molecule has 0 spiro atoms. The van der Waals surface area contributed by atoms with Gasteiger partial charge in [0.1, 0.15) is 0 Å². The van der Waals surface area contributed by atoms with Crippen LogP contribution in [0.3, 0.4) is 0 Å². The largest absolute Gasteiger partial charge is 0.481 e. The first-order chi connectivity index (χ1) is 13.5. The molecular formula is C20H29N5O3. The van der Waals surface area contributed by atoms with Crippen molar-refractivity contribution in [3.63, 3.8) is 0 Å². The molecule has 2 amide bonds. The average Bonchev–Trinajstić information content (AvgIpc) is 3.31. The molecule has 4 rings (SSSR count). The number of hydrogen-bond acceptors (Lipinski definition) is 6. The second-order valence-corrected chi connectivity index (χ2v) is 8.08. The molecule has 3 aliphatic rings. The molecule has 1 saturated carbocycles. The van der Waals surface area contributed by atoms with Crippen molar-refractivity contribution >= 4 is 23.3 Å². The SMILES string of the molecule is COc1ccc(NC(=O)CC2CC3CNC2C3)c(N2CCN(C(C)=O)CC2)n1. The van der Waals surface area contributed by atoms with Crippen molar-refractivity contribution in [2.24, 2.45) is 11.8 Å². The van der Waals surface area contributed by atoms with Gasteiger partial charge >= 0.3 is 0 Å². The predicted molar refractivity (Wildman–Crippen MR) is 107 cm³/mol. The van der Waals surface area contributed by atoms with Crippen LogP contribution in [0.15, 0.2) is 12.1 Å². The van der Waals surface area contributed by atoms with Gasteiger partial charge in [-0.2, -0.15) is 4.98 Å². The summed E-state index contributed by atoms with van der Waals surface area (Å²) in [7, 11) is 1.58. The molecule has 8 nitrogen and oxygen atoms in total. The van der Waals surface area contributed by atoms with Crippen molar-refractivity contribution in [1.82, 2.24) is 15.2 Å². The molecule has 0 aromatic carbocycles. The first kappa shape index (κ1) is 19.0. The number of methoxy groups -OCH3 is 1. The van der Waals surface area contributed by atoms with Gasteiger partial charge in [-0.25, -0.2) is 0 Å². The molecule has 2 aliphatic heterocycles. The van der Waals surface area contributed by atoms with Crippen LogP contribution in [-0.4, -0.2) is 67.6 Å². The van der Waals surface area contributed by atoms with E-state index in [2.05, 4.69) is 20.5 Å². The highest BCUT2D eigenvalue weighted by Crippen LogP contribution is 2.38. The summed E-state index contributed by atoms with van der Waals surface area (Å²) < 4.78 is 5.28. The third-order valence-corrected chi connectivity index (χ3v) is 6.27. The van der Waals surface area contributed by atoms with E-state index >= 15 is 0 Å². The Bertz CT molecular complexity index is 747. The van der Waals surface area contributed by atoms with Crippen molar-refractivity contribution in [2.75, 3.05) is 50.1 Å². The Hall–Kier alpha value is -2.35. The summed E-state index contributed by atoms with van der Waals surface area (Å²) in [6, 6.07) is 4.11. The second kappa shape index (κ2) is 7.95. The van der Waals surface area contributed by atoms with E-state index in [1.54, 1.807) is 20.1 Å². The Kier molecular flexibility index (Phi) is 5.39. The monoisotopic (exact) mass is 387 g/mol. The van der Waals surface area contributed by atoms with Crippen LogP contribution >= 0.6 is 0 Å². The first-order valence-corrected chi connectivity index (χ1v) is 10.1. The van der Waals surface area contributed by atoms with Crippen LogP contribution in [0.4, 0.5) is 11.5 Å². The highest BCUT2D eigenvalue weighted by molar-refractivity contribution is 5.94. The first-order valence-electron chi connectivity index (χ1n) is 10.1. The lowest BCUT2D eigenvalue weighted by atomic mass is 9.96. The van der Waals surface area contributed by atoms with Gasteiger partial charge in [0.05, 0.1) is 12.8 Å².